The summed E-state index contributed by atoms with van der Waals surface area (Å²) in [7, 11) is 1.54. The van der Waals surface area contributed by atoms with Crippen molar-refractivity contribution < 1.29 is 27.8 Å². The second kappa shape index (κ2) is 8.36. The molecule has 6 nitrogen and oxygen atoms in total. The Morgan fingerprint density at radius 2 is 1.79 bits per heavy atom. The van der Waals surface area contributed by atoms with Gasteiger partial charge in [-0.3, -0.25) is 4.79 Å². The van der Waals surface area contributed by atoms with Crippen LogP contribution < -0.4 is 10.1 Å². The van der Waals surface area contributed by atoms with Crippen molar-refractivity contribution in [3.63, 3.8) is 0 Å². The van der Waals surface area contributed by atoms with Gasteiger partial charge in [0.2, 0.25) is 0 Å². The van der Waals surface area contributed by atoms with Gasteiger partial charge in [0.15, 0.2) is 5.69 Å². The summed E-state index contributed by atoms with van der Waals surface area (Å²) in [6.45, 7) is 0.00100. The minimum Gasteiger partial charge on any atom is -0.497 e. The molecule has 9 heteroatoms. The van der Waals surface area contributed by atoms with Crippen molar-refractivity contribution in [3.05, 3.63) is 77.6 Å². The van der Waals surface area contributed by atoms with Crippen LogP contribution in [0.5, 0.6) is 5.75 Å². The lowest BCUT2D eigenvalue weighted by Gasteiger charge is -2.13. The Hall–Kier alpha value is -3.33. The molecule has 2 aromatic carbocycles. The maximum Gasteiger partial charge on any atom is 0.435 e. The number of aliphatic hydroxyl groups is 1. The number of aromatic nitrogens is 2. The first-order chi connectivity index (χ1) is 13.8. The third-order valence-corrected chi connectivity index (χ3v) is 4.23. The minimum atomic E-state index is -4.52. The first-order valence-electron chi connectivity index (χ1n) is 8.61. The standard InChI is InChI=1S/C20H18F3N3O3/c1-29-16-8-4-13(5-9-16)17(27)12-24-19(28)14-2-6-15(7-3-14)26-11-10-18(25-26)20(21,22)23/h2-11,17,27H,12H2,1H3,(H,24,28). The van der Waals surface area contributed by atoms with E-state index < -0.39 is 23.9 Å². The van der Waals surface area contributed by atoms with Crippen LogP contribution in [0.25, 0.3) is 5.69 Å². The first-order valence-corrected chi connectivity index (χ1v) is 8.61. The van der Waals surface area contributed by atoms with Gasteiger partial charge in [0, 0.05) is 18.3 Å². The smallest absolute Gasteiger partial charge is 0.435 e. The molecule has 0 radical (unpaired) electrons. The number of alkyl halides is 3. The highest BCUT2D eigenvalue weighted by Crippen LogP contribution is 2.27. The largest absolute Gasteiger partial charge is 0.497 e. The highest BCUT2D eigenvalue weighted by Gasteiger charge is 2.33. The molecule has 0 spiro atoms. The van der Waals surface area contributed by atoms with E-state index in [1.165, 1.54) is 30.5 Å². The summed E-state index contributed by atoms with van der Waals surface area (Å²) in [5.41, 5.74) is 0.321. The molecule has 152 valence electrons. The van der Waals surface area contributed by atoms with Crippen LogP contribution in [0, 0.1) is 0 Å². The predicted molar refractivity (Wildman–Crippen MR) is 98.9 cm³/mol. The average Bonchev–Trinajstić information content (AvgIpc) is 3.23. The van der Waals surface area contributed by atoms with Gasteiger partial charge in [0.05, 0.1) is 18.9 Å². The fourth-order valence-corrected chi connectivity index (χ4v) is 2.62. The Morgan fingerprint density at radius 3 is 2.34 bits per heavy atom. The highest BCUT2D eigenvalue weighted by atomic mass is 19.4. The van der Waals surface area contributed by atoms with Crippen molar-refractivity contribution in [3.8, 4) is 11.4 Å². The van der Waals surface area contributed by atoms with Gasteiger partial charge in [-0.15, -0.1) is 0 Å². The molecule has 2 N–H and O–H groups in total. The van der Waals surface area contributed by atoms with Gasteiger partial charge in [-0.05, 0) is 48.0 Å². The molecule has 1 unspecified atom stereocenters. The number of nitrogens with one attached hydrogen (secondary N) is 1. The van der Waals surface area contributed by atoms with Gasteiger partial charge in [-0.25, -0.2) is 4.68 Å². The number of amides is 1. The van der Waals surface area contributed by atoms with E-state index in [4.69, 9.17) is 4.74 Å². The summed E-state index contributed by atoms with van der Waals surface area (Å²) in [6, 6.07) is 13.6. The van der Waals surface area contributed by atoms with Crippen LogP contribution in [0.3, 0.4) is 0 Å². The molecule has 0 bridgehead atoms. The number of methoxy groups -OCH3 is 1. The zero-order valence-corrected chi connectivity index (χ0v) is 15.3. The van der Waals surface area contributed by atoms with E-state index in [2.05, 4.69) is 10.4 Å². The quantitative estimate of drug-likeness (QED) is 0.659. The molecule has 1 aromatic heterocycles. The molecule has 0 aliphatic rings. The Labute approximate surface area is 164 Å². The van der Waals surface area contributed by atoms with Gasteiger partial charge >= 0.3 is 6.18 Å². The number of carbonyl (C=O) groups is 1. The third kappa shape index (κ3) is 4.94. The van der Waals surface area contributed by atoms with Crippen molar-refractivity contribution in [1.82, 2.24) is 15.1 Å². The van der Waals surface area contributed by atoms with Crippen LogP contribution in [0.4, 0.5) is 13.2 Å². The van der Waals surface area contributed by atoms with E-state index in [1.807, 2.05) is 0 Å². The van der Waals surface area contributed by atoms with E-state index >= 15 is 0 Å². The van der Waals surface area contributed by atoms with Crippen LogP contribution in [0.15, 0.2) is 60.8 Å². The highest BCUT2D eigenvalue weighted by molar-refractivity contribution is 5.94. The molecular formula is C20H18F3N3O3. The number of ether oxygens (including phenoxy) is 1. The van der Waals surface area contributed by atoms with E-state index in [-0.39, 0.29) is 6.54 Å². The van der Waals surface area contributed by atoms with Crippen molar-refractivity contribution in [2.24, 2.45) is 0 Å². The van der Waals surface area contributed by atoms with Crippen LogP contribution >= 0.6 is 0 Å². The van der Waals surface area contributed by atoms with Crippen molar-refractivity contribution in [2.75, 3.05) is 13.7 Å². The molecule has 0 saturated carbocycles. The van der Waals surface area contributed by atoms with Crippen LogP contribution in [-0.2, 0) is 6.18 Å². The molecule has 1 heterocycles. The number of rotatable bonds is 6. The number of carbonyl (C=O) groups excluding carboxylic acids is 1. The summed E-state index contributed by atoms with van der Waals surface area (Å²) in [4.78, 5) is 12.3. The van der Waals surface area contributed by atoms with Gasteiger partial charge in [0.1, 0.15) is 5.75 Å². The molecule has 1 amide bonds. The second-order valence-electron chi connectivity index (χ2n) is 6.19. The Balaban J connectivity index is 1.60. The number of benzene rings is 2. The van der Waals surface area contributed by atoms with E-state index in [0.29, 0.717) is 22.6 Å². The Bertz CT molecular complexity index is 967. The summed E-state index contributed by atoms with van der Waals surface area (Å²) >= 11 is 0. The predicted octanol–water partition coefficient (Wildman–Crippen LogP) is 3.36. The lowest BCUT2D eigenvalue weighted by atomic mass is 10.1. The van der Waals surface area contributed by atoms with Gasteiger partial charge in [-0.1, -0.05) is 12.1 Å². The molecule has 0 aliphatic carbocycles. The molecule has 3 aromatic rings. The average molecular weight is 405 g/mol. The van der Waals surface area contributed by atoms with Gasteiger partial charge in [0.25, 0.3) is 5.91 Å². The van der Waals surface area contributed by atoms with E-state index in [0.717, 1.165) is 10.7 Å². The third-order valence-electron chi connectivity index (χ3n) is 4.23. The second-order valence-corrected chi connectivity index (χ2v) is 6.19. The normalized spacial score (nSPS) is 12.4. The Kier molecular flexibility index (Phi) is 5.88. The zero-order valence-electron chi connectivity index (χ0n) is 15.3. The maximum absolute atomic E-state index is 12.6. The zero-order chi connectivity index (χ0) is 21.0. The fraction of sp³-hybridized carbons (Fsp3) is 0.200. The minimum absolute atomic E-state index is 0.00100. The number of aliphatic hydroxyl groups excluding tert-OH is 1. The van der Waals surface area contributed by atoms with Crippen LogP contribution in [-0.4, -0.2) is 34.4 Å². The van der Waals surface area contributed by atoms with Crippen molar-refractivity contribution >= 4 is 5.91 Å². The van der Waals surface area contributed by atoms with Crippen molar-refractivity contribution in [2.45, 2.75) is 12.3 Å². The number of halogens is 3. The molecule has 1 atom stereocenters. The molecular weight excluding hydrogens is 387 g/mol. The number of hydrogen-bond donors (Lipinski definition) is 2. The summed E-state index contributed by atoms with van der Waals surface area (Å²) in [6.07, 6.45) is -4.21. The molecule has 0 fully saturated rings. The SMILES string of the molecule is COc1ccc(C(O)CNC(=O)c2ccc(-n3ccc(C(F)(F)F)n3)cc2)cc1. The summed E-state index contributed by atoms with van der Waals surface area (Å²) < 4.78 is 44.1. The van der Waals surface area contributed by atoms with E-state index in [1.54, 1.807) is 31.4 Å². The molecule has 3 rings (SSSR count). The maximum atomic E-state index is 12.6. The lowest BCUT2D eigenvalue weighted by Crippen LogP contribution is -2.28. The molecule has 0 aliphatic heterocycles. The van der Waals surface area contributed by atoms with Gasteiger partial charge in [-0.2, -0.15) is 18.3 Å². The lowest BCUT2D eigenvalue weighted by molar-refractivity contribution is -0.141. The Morgan fingerprint density at radius 1 is 1.14 bits per heavy atom. The number of hydrogen-bond acceptors (Lipinski definition) is 4. The number of nitrogens with zero attached hydrogens (tertiary/aromatic N) is 2. The van der Waals surface area contributed by atoms with E-state index in [9.17, 15) is 23.1 Å². The first kappa shape index (κ1) is 20.4. The van der Waals surface area contributed by atoms with Crippen LogP contribution in [0.1, 0.15) is 27.7 Å². The fourth-order valence-electron chi connectivity index (χ4n) is 2.62. The molecule has 0 saturated heterocycles. The summed E-state index contributed by atoms with van der Waals surface area (Å²) in [5, 5.41) is 16.3. The molecule has 29 heavy (non-hydrogen) atoms. The summed E-state index contributed by atoms with van der Waals surface area (Å²) in [5.74, 6) is 0.241. The topological polar surface area (TPSA) is 76.4 Å². The van der Waals surface area contributed by atoms with Crippen LogP contribution in [0.2, 0.25) is 0 Å². The monoisotopic (exact) mass is 405 g/mol. The van der Waals surface area contributed by atoms with Gasteiger partial charge < -0.3 is 15.2 Å². The van der Waals surface area contributed by atoms with Crippen molar-refractivity contribution in [1.29, 1.82) is 0 Å².